The average molecular weight is 278 g/mol. The van der Waals surface area contributed by atoms with Crippen LogP contribution in [0.1, 0.15) is 34.1 Å². The smallest absolute Gasteiger partial charge is 0.338 e. The van der Waals surface area contributed by atoms with Gasteiger partial charge in [-0.2, -0.15) is 0 Å². The molecule has 0 saturated carbocycles. The van der Waals surface area contributed by atoms with Crippen molar-refractivity contribution < 1.29 is 19.2 Å². The van der Waals surface area contributed by atoms with Gasteiger partial charge >= 0.3 is 5.97 Å². The summed E-state index contributed by atoms with van der Waals surface area (Å²) in [6.45, 7) is 3.07. The Balaban J connectivity index is 2.37. The van der Waals surface area contributed by atoms with Crippen LogP contribution in [0.15, 0.2) is 18.2 Å². The number of hydrogen-bond acceptors (Lipinski definition) is 5. The highest BCUT2D eigenvalue weighted by Gasteiger charge is 2.25. The Morgan fingerprint density at radius 2 is 1.95 bits per heavy atom. The van der Waals surface area contributed by atoms with Gasteiger partial charge < -0.3 is 9.64 Å². The molecule has 1 aliphatic heterocycles. The lowest BCUT2D eigenvalue weighted by molar-refractivity contribution is -0.384. The molecule has 7 heteroatoms. The van der Waals surface area contributed by atoms with Gasteiger partial charge in [0, 0.05) is 30.8 Å². The van der Waals surface area contributed by atoms with Crippen LogP contribution in [0.25, 0.3) is 0 Å². The highest BCUT2D eigenvalue weighted by Crippen LogP contribution is 2.21. The monoisotopic (exact) mass is 278 g/mol. The third-order valence-electron chi connectivity index (χ3n) is 3.03. The van der Waals surface area contributed by atoms with E-state index in [2.05, 4.69) is 0 Å². The highest BCUT2D eigenvalue weighted by molar-refractivity contribution is 5.99. The average Bonchev–Trinajstić information content (AvgIpc) is 2.36. The second kappa shape index (κ2) is 5.68. The number of esters is 1. The summed E-state index contributed by atoms with van der Waals surface area (Å²) in [5, 5.41) is 10.9. The van der Waals surface area contributed by atoms with Crippen molar-refractivity contribution in [2.75, 3.05) is 19.7 Å². The number of likely N-dealkylation sites (tertiary alicyclic amines) is 1. The van der Waals surface area contributed by atoms with E-state index in [1.807, 2.05) is 0 Å². The van der Waals surface area contributed by atoms with E-state index in [-0.39, 0.29) is 29.3 Å². The number of amides is 1. The minimum atomic E-state index is -0.672. The summed E-state index contributed by atoms with van der Waals surface area (Å²) in [5.74, 6) is -0.973. The van der Waals surface area contributed by atoms with Crippen LogP contribution >= 0.6 is 0 Å². The van der Waals surface area contributed by atoms with E-state index < -0.39 is 10.9 Å². The molecule has 1 aromatic rings. The molecule has 1 saturated heterocycles. The van der Waals surface area contributed by atoms with E-state index >= 15 is 0 Å². The van der Waals surface area contributed by atoms with E-state index in [0.717, 1.165) is 12.5 Å². The number of hydrogen-bond donors (Lipinski definition) is 0. The number of non-ortho nitro benzene ring substituents is 1. The van der Waals surface area contributed by atoms with Crippen LogP contribution in [0, 0.1) is 10.1 Å². The molecular weight excluding hydrogens is 264 g/mol. The Hall–Kier alpha value is -2.44. The van der Waals surface area contributed by atoms with Crippen molar-refractivity contribution >= 4 is 17.6 Å². The van der Waals surface area contributed by atoms with Gasteiger partial charge in [-0.05, 0) is 19.4 Å². The minimum Gasteiger partial charge on any atom is -0.462 e. The zero-order valence-corrected chi connectivity index (χ0v) is 11.0. The summed E-state index contributed by atoms with van der Waals surface area (Å²) in [5.41, 5.74) is -0.133. The fraction of sp³-hybridized carbons (Fsp3) is 0.385. The van der Waals surface area contributed by atoms with Crippen LogP contribution in [0.5, 0.6) is 0 Å². The van der Waals surface area contributed by atoms with Crippen molar-refractivity contribution in [2.45, 2.75) is 13.3 Å². The zero-order valence-electron chi connectivity index (χ0n) is 11.0. The van der Waals surface area contributed by atoms with Crippen LogP contribution in [0.2, 0.25) is 0 Å². The second-order valence-electron chi connectivity index (χ2n) is 4.39. The lowest BCUT2D eigenvalue weighted by Gasteiger charge is -2.30. The Labute approximate surface area is 115 Å². The molecule has 1 heterocycles. The first kappa shape index (κ1) is 14.0. The van der Waals surface area contributed by atoms with Gasteiger partial charge in [0.2, 0.25) is 0 Å². The molecule has 0 radical (unpaired) electrons. The molecule has 0 aliphatic carbocycles. The highest BCUT2D eigenvalue weighted by atomic mass is 16.6. The lowest BCUT2D eigenvalue weighted by Crippen LogP contribution is -2.42. The molecule has 1 amide bonds. The van der Waals surface area contributed by atoms with E-state index in [9.17, 15) is 19.7 Å². The summed E-state index contributed by atoms with van der Waals surface area (Å²) in [6.07, 6.45) is 0.922. The van der Waals surface area contributed by atoms with Gasteiger partial charge in [0.25, 0.3) is 11.6 Å². The fourth-order valence-electron chi connectivity index (χ4n) is 1.87. The number of rotatable bonds is 4. The Kier molecular flexibility index (Phi) is 3.97. The van der Waals surface area contributed by atoms with Gasteiger partial charge in [0.1, 0.15) is 0 Å². The van der Waals surface area contributed by atoms with E-state index in [1.54, 1.807) is 11.8 Å². The molecule has 20 heavy (non-hydrogen) atoms. The molecule has 1 fully saturated rings. The SMILES string of the molecule is CCOC(=O)c1cc(C(=O)N2CCC2)cc([N+](=O)[O-])c1. The number of nitro groups is 1. The first-order valence-electron chi connectivity index (χ1n) is 6.29. The molecule has 2 rings (SSSR count). The van der Waals surface area contributed by atoms with Crippen LogP contribution in [-0.4, -0.2) is 41.4 Å². The van der Waals surface area contributed by atoms with Gasteiger partial charge in [0.05, 0.1) is 17.1 Å². The van der Waals surface area contributed by atoms with E-state index in [1.165, 1.54) is 12.1 Å². The summed E-state index contributed by atoms with van der Waals surface area (Å²) in [4.78, 5) is 35.6. The van der Waals surface area contributed by atoms with Crippen LogP contribution in [0.3, 0.4) is 0 Å². The van der Waals surface area contributed by atoms with Crippen molar-refractivity contribution in [3.8, 4) is 0 Å². The summed E-state index contributed by atoms with van der Waals surface area (Å²) >= 11 is 0. The molecule has 7 nitrogen and oxygen atoms in total. The number of ether oxygens (including phenoxy) is 1. The molecule has 0 bridgehead atoms. The lowest BCUT2D eigenvalue weighted by atomic mass is 10.1. The Morgan fingerprint density at radius 1 is 1.30 bits per heavy atom. The van der Waals surface area contributed by atoms with Gasteiger partial charge in [0.15, 0.2) is 0 Å². The number of nitro benzene ring substituents is 1. The molecule has 1 aliphatic rings. The van der Waals surface area contributed by atoms with Crippen LogP contribution < -0.4 is 0 Å². The second-order valence-corrected chi connectivity index (χ2v) is 4.39. The molecule has 0 atom stereocenters. The maximum absolute atomic E-state index is 12.1. The van der Waals surface area contributed by atoms with Crippen molar-refractivity contribution in [1.82, 2.24) is 4.90 Å². The molecule has 0 spiro atoms. The first-order valence-corrected chi connectivity index (χ1v) is 6.29. The van der Waals surface area contributed by atoms with Gasteiger partial charge in [-0.25, -0.2) is 4.79 Å². The molecule has 106 valence electrons. The van der Waals surface area contributed by atoms with Crippen molar-refractivity contribution in [3.05, 3.63) is 39.4 Å². The predicted molar refractivity (Wildman–Crippen MR) is 69.6 cm³/mol. The quantitative estimate of drug-likeness (QED) is 0.474. The maximum Gasteiger partial charge on any atom is 0.338 e. The van der Waals surface area contributed by atoms with Crippen LogP contribution in [0.4, 0.5) is 5.69 Å². The summed E-state index contributed by atoms with van der Waals surface area (Å²) < 4.78 is 4.81. The van der Waals surface area contributed by atoms with Gasteiger partial charge in [-0.1, -0.05) is 0 Å². The molecule has 1 aromatic carbocycles. The van der Waals surface area contributed by atoms with Crippen molar-refractivity contribution in [1.29, 1.82) is 0 Å². The van der Waals surface area contributed by atoms with Gasteiger partial charge in [-0.15, -0.1) is 0 Å². The number of benzene rings is 1. The number of carbonyl (C=O) groups excluding carboxylic acids is 2. The molecule has 0 aromatic heterocycles. The van der Waals surface area contributed by atoms with Crippen molar-refractivity contribution in [3.63, 3.8) is 0 Å². The number of carbonyl (C=O) groups is 2. The molecule has 0 N–H and O–H groups in total. The van der Waals surface area contributed by atoms with Crippen molar-refractivity contribution in [2.24, 2.45) is 0 Å². The summed E-state index contributed by atoms with van der Waals surface area (Å²) in [6, 6.07) is 3.64. The largest absolute Gasteiger partial charge is 0.462 e. The zero-order chi connectivity index (χ0) is 14.7. The standard InChI is InChI=1S/C13H14N2O5/c1-2-20-13(17)10-6-9(7-11(8-10)15(18)19)12(16)14-4-3-5-14/h6-8H,2-5H2,1H3. The summed E-state index contributed by atoms with van der Waals surface area (Å²) in [7, 11) is 0. The van der Waals surface area contributed by atoms with E-state index in [0.29, 0.717) is 13.1 Å². The Bertz CT molecular complexity index is 566. The van der Waals surface area contributed by atoms with Gasteiger partial charge in [-0.3, -0.25) is 14.9 Å². The van der Waals surface area contributed by atoms with E-state index in [4.69, 9.17) is 4.74 Å². The minimum absolute atomic E-state index is 0.0184. The third kappa shape index (κ3) is 2.76. The van der Waals surface area contributed by atoms with Crippen LogP contribution in [-0.2, 0) is 4.74 Å². The topological polar surface area (TPSA) is 89.8 Å². The maximum atomic E-state index is 12.1. The normalized spacial score (nSPS) is 13.6. The third-order valence-corrected chi connectivity index (χ3v) is 3.03. The molecular formula is C13H14N2O5. The Morgan fingerprint density at radius 3 is 2.45 bits per heavy atom. The number of nitrogens with zero attached hydrogens (tertiary/aromatic N) is 2. The molecule has 0 unspecified atom stereocenters. The first-order chi connectivity index (χ1) is 9.52. The fourth-order valence-corrected chi connectivity index (χ4v) is 1.87. The predicted octanol–water partition coefficient (Wildman–Crippen LogP) is 1.62.